The number of aromatic nitrogens is 2. The number of ether oxygens (including phenoxy) is 1. The van der Waals surface area contributed by atoms with E-state index < -0.39 is 17.1 Å². The molecule has 0 atom stereocenters. The second-order valence-corrected chi connectivity index (χ2v) is 7.75. The lowest BCUT2D eigenvalue weighted by atomic mass is 10.2. The highest BCUT2D eigenvalue weighted by Crippen LogP contribution is 2.23. The summed E-state index contributed by atoms with van der Waals surface area (Å²) in [5.74, 6) is 0.826. The zero-order chi connectivity index (χ0) is 21.7. The fraction of sp³-hybridized carbons (Fsp3) is 0.227. The Hall–Kier alpha value is -3.26. The minimum absolute atomic E-state index is 0.00936. The van der Waals surface area contributed by atoms with Crippen molar-refractivity contribution in [2.75, 3.05) is 12.4 Å². The van der Waals surface area contributed by atoms with Crippen LogP contribution in [-0.2, 0) is 14.1 Å². The molecule has 1 aromatic heterocycles. The maximum Gasteiger partial charge on any atom is 0.333 e. The summed E-state index contributed by atoms with van der Waals surface area (Å²) in [5, 5.41) is 10.9. The van der Waals surface area contributed by atoms with Crippen LogP contribution < -0.4 is 16.0 Å². The molecule has 156 valence electrons. The van der Waals surface area contributed by atoms with Gasteiger partial charge in [0.05, 0.1) is 12.3 Å². The number of rotatable bonds is 6. The molecule has 0 aliphatic heterocycles. The van der Waals surface area contributed by atoms with E-state index in [2.05, 4.69) is 4.99 Å². The second kappa shape index (κ2) is 9.49. The minimum atomic E-state index is -0.603. The molecule has 1 heterocycles. The van der Waals surface area contributed by atoms with Crippen LogP contribution >= 0.6 is 11.8 Å². The average molecular weight is 426 g/mol. The van der Waals surface area contributed by atoms with Gasteiger partial charge < -0.3 is 9.84 Å². The molecule has 1 N–H and O–H groups in total. The molecule has 0 fully saturated rings. The SMILES string of the molecule is Cc1ccc(N=C(SCCOc2ccccc2)c2c(O)n(C)c(=O)n(C)c2=O)cc1. The van der Waals surface area contributed by atoms with Crippen molar-refractivity contribution in [3.05, 3.63) is 86.6 Å². The number of benzene rings is 2. The van der Waals surface area contributed by atoms with Crippen LogP contribution in [0.25, 0.3) is 0 Å². The van der Waals surface area contributed by atoms with Crippen molar-refractivity contribution in [1.29, 1.82) is 0 Å². The van der Waals surface area contributed by atoms with E-state index >= 15 is 0 Å². The third-order valence-electron chi connectivity index (χ3n) is 4.45. The first-order valence-corrected chi connectivity index (χ1v) is 10.3. The van der Waals surface area contributed by atoms with E-state index in [9.17, 15) is 14.7 Å². The number of thioether (sulfide) groups is 1. The molecule has 8 heteroatoms. The number of nitrogens with zero attached hydrogens (tertiary/aromatic N) is 3. The van der Waals surface area contributed by atoms with E-state index in [1.54, 1.807) is 0 Å². The molecular weight excluding hydrogens is 402 g/mol. The summed E-state index contributed by atoms with van der Waals surface area (Å²) in [7, 11) is 2.79. The molecule has 0 bridgehead atoms. The zero-order valence-electron chi connectivity index (χ0n) is 17.0. The van der Waals surface area contributed by atoms with E-state index in [1.165, 1.54) is 25.9 Å². The Bertz CT molecular complexity index is 1170. The molecule has 0 aliphatic carbocycles. The summed E-state index contributed by atoms with van der Waals surface area (Å²) in [6.45, 7) is 2.35. The average Bonchev–Trinajstić information content (AvgIpc) is 2.76. The summed E-state index contributed by atoms with van der Waals surface area (Å²) in [6.07, 6.45) is 0. The first kappa shape index (κ1) is 21.4. The molecule has 3 rings (SSSR count). The van der Waals surface area contributed by atoms with Crippen molar-refractivity contribution < 1.29 is 9.84 Å². The van der Waals surface area contributed by atoms with Crippen molar-refractivity contribution in [2.45, 2.75) is 6.92 Å². The zero-order valence-corrected chi connectivity index (χ0v) is 17.8. The monoisotopic (exact) mass is 425 g/mol. The number of hydrogen-bond acceptors (Lipinski definition) is 6. The lowest BCUT2D eigenvalue weighted by Crippen LogP contribution is -2.39. The largest absolute Gasteiger partial charge is 0.494 e. The molecule has 0 amide bonds. The Kier molecular flexibility index (Phi) is 6.79. The normalized spacial score (nSPS) is 11.5. The van der Waals surface area contributed by atoms with Crippen LogP contribution in [0.1, 0.15) is 11.1 Å². The summed E-state index contributed by atoms with van der Waals surface area (Å²) in [5.41, 5.74) is 0.513. The Morgan fingerprint density at radius 1 is 1.03 bits per heavy atom. The first-order chi connectivity index (χ1) is 14.4. The van der Waals surface area contributed by atoms with Crippen LogP contribution in [-0.4, -0.2) is 31.6 Å². The summed E-state index contributed by atoms with van der Waals surface area (Å²) < 4.78 is 7.70. The molecule has 0 spiro atoms. The van der Waals surface area contributed by atoms with Gasteiger partial charge in [-0.05, 0) is 31.2 Å². The van der Waals surface area contributed by atoms with Crippen LogP contribution in [0.15, 0.2) is 69.2 Å². The smallest absolute Gasteiger partial charge is 0.333 e. The van der Waals surface area contributed by atoms with E-state index in [0.29, 0.717) is 23.1 Å². The van der Waals surface area contributed by atoms with Crippen molar-refractivity contribution in [3.63, 3.8) is 0 Å². The van der Waals surface area contributed by atoms with E-state index in [4.69, 9.17) is 4.74 Å². The molecule has 0 saturated heterocycles. The van der Waals surface area contributed by atoms with Gasteiger partial charge in [-0.3, -0.25) is 13.9 Å². The molecule has 0 radical (unpaired) electrons. The number of aromatic hydroxyl groups is 1. The van der Waals surface area contributed by atoms with Gasteiger partial charge in [0.25, 0.3) is 5.56 Å². The van der Waals surface area contributed by atoms with Crippen molar-refractivity contribution in [2.24, 2.45) is 19.1 Å². The van der Waals surface area contributed by atoms with Crippen LogP contribution in [0.5, 0.6) is 11.6 Å². The standard InChI is InChI=1S/C22H23N3O4S/c1-15-9-11-16(12-10-15)23-19(30-14-13-29-17-7-5-4-6-8-17)18-20(26)24(2)22(28)25(3)21(18)27/h4-12,26H,13-14H2,1-3H3. The number of para-hydroxylation sites is 1. The highest BCUT2D eigenvalue weighted by molar-refractivity contribution is 8.14. The molecule has 0 aliphatic rings. The fourth-order valence-corrected chi connectivity index (χ4v) is 3.59. The van der Waals surface area contributed by atoms with E-state index in [-0.39, 0.29) is 5.56 Å². The van der Waals surface area contributed by atoms with Gasteiger partial charge >= 0.3 is 5.69 Å². The quantitative estimate of drug-likeness (QED) is 0.373. The Labute approximate surface area is 178 Å². The molecule has 30 heavy (non-hydrogen) atoms. The van der Waals surface area contributed by atoms with Crippen LogP contribution in [0.3, 0.4) is 0 Å². The van der Waals surface area contributed by atoms with E-state index in [1.807, 2.05) is 61.5 Å². The number of aryl methyl sites for hydroxylation is 1. The van der Waals surface area contributed by atoms with Crippen LogP contribution in [0, 0.1) is 6.92 Å². The molecule has 2 aromatic carbocycles. The van der Waals surface area contributed by atoms with Crippen LogP contribution in [0.2, 0.25) is 0 Å². The summed E-state index contributed by atoms with van der Waals surface area (Å²) in [6, 6.07) is 16.9. The molecule has 0 unspecified atom stereocenters. The van der Waals surface area contributed by atoms with E-state index in [0.717, 1.165) is 20.4 Å². The third-order valence-corrected chi connectivity index (χ3v) is 5.39. The lowest BCUT2D eigenvalue weighted by Gasteiger charge is -2.13. The fourth-order valence-electron chi connectivity index (χ4n) is 2.73. The minimum Gasteiger partial charge on any atom is -0.494 e. The highest BCUT2D eigenvalue weighted by atomic mass is 32.2. The number of aliphatic imine (C=N–C) groups is 1. The molecule has 3 aromatic rings. The lowest BCUT2D eigenvalue weighted by molar-refractivity contribution is 0.344. The van der Waals surface area contributed by atoms with Gasteiger partial charge in [-0.15, -0.1) is 11.8 Å². The Balaban J connectivity index is 1.93. The van der Waals surface area contributed by atoms with Gasteiger partial charge in [-0.25, -0.2) is 9.79 Å². The van der Waals surface area contributed by atoms with Crippen molar-refractivity contribution in [3.8, 4) is 11.6 Å². The van der Waals surface area contributed by atoms with Gasteiger partial charge in [-0.2, -0.15) is 0 Å². The Morgan fingerprint density at radius 3 is 2.37 bits per heavy atom. The topological polar surface area (TPSA) is 85.8 Å². The molecule has 0 saturated carbocycles. The summed E-state index contributed by atoms with van der Waals surface area (Å²) >= 11 is 1.28. The van der Waals surface area contributed by atoms with Crippen molar-refractivity contribution >= 4 is 22.5 Å². The maximum atomic E-state index is 12.8. The van der Waals surface area contributed by atoms with Gasteiger partial charge in [0.2, 0.25) is 5.88 Å². The maximum absolute atomic E-state index is 12.8. The van der Waals surface area contributed by atoms with Crippen molar-refractivity contribution in [1.82, 2.24) is 9.13 Å². The van der Waals surface area contributed by atoms with Gasteiger partial charge in [0.1, 0.15) is 16.4 Å². The number of hydrogen-bond donors (Lipinski definition) is 1. The van der Waals surface area contributed by atoms with Crippen LogP contribution in [0.4, 0.5) is 5.69 Å². The second-order valence-electron chi connectivity index (χ2n) is 6.67. The first-order valence-electron chi connectivity index (χ1n) is 9.34. The predicted octanol–water partition coefficient (Wildman–Crippen LogP) is 2.99. The molecule has 7 nitrogen and oxygen atoms in total. The summed E-state index contributed by atoms with van der Waals surface area (Å²) in [4.78, 5) is 29.4. The van der Waals surface area contributed by atoms with Gasteiger partial charge in [0, 0.05) is 19.8 Å². The third kappa shape index (κ3) is 4.83. The van der Waals surface area contributed by atoms with Gasteiger partial charge in [-0.1, -0.05) is 35.9 Å². The van der Waals surface area contributed by atoms with Gasteiger partial charge in [0.15, 0.2) is 0 Å². The molecular formula is C22H23N3O4S. The highest BCUT2D eigenvalue weighted by Gasteiger charge is 2.21. The predicted molar refractivity (Wildman–Crippen MR) is 120 cm³/mol. The Morgan fingerprint density at radius 2 is 1.70 bits per heavy atom.